The highest BCUT2D eigenvalue weighted by molar-refractivity contribution is 5.68. The molecule has 3 atom stereocenters. The van der Waals surface area contributed by atoms with E-state index >= 15 is 0 Å². The molecule has 0 radical (unpaired) electrons. The van der Waals surface area contributed by atoms with E-state index in [2.05, 4.69) is 23.6 Å². The van der Waals surface area contributed by atoms with Crippen molar-refractivity contribution in [3.63, 3.8) is 0 Å². The van der Waals surface area contributed by atoms with Gasteiger partial charge in [-0.05, 0) is 48.8 Å². The largest absolute Gasteiger partial charge is 0.435 e. The van der Waals surface area contributed by atoms with Crippen molar-refractivity contribution in [1.82, 2.24) is 0 Å². The lowest BCUT2D eigenvalue weighted by atomic mass is 10.0. The van der Waals surface area contributed by atoms with E-state index in [1.165, 1.54) is 37.5 Å². The fraction of sp³-hybridized carbons (Fsp3) is 0.579. The third-order valence-corrected chi connectivity index (χ3v) is 4.78. The molecule has 1 saturated carbocycles. The Labute approximate surface area is 148 Å². The Morgan fingerprint density at radius 2 is 2.12 bits per heavy atom. The Morgan fingerprint density at radius 3 is 2.76 bits per heavy atom. The summed E-state index contributed by atoms with van der Waals surface area (Å²) in [7, 11) is 0. The van der Waals surface area contributed by atoms with Gasteiger partial charge in [-0.2, -0.15) is 8.78 Å². The number of unbranched alkanes of at least 4 members (excludes halogenated alkanes) is 2. The molecule has 2 rings (SSSR count). The maximum absolute atomic E-state index is 12.3. The number of hydrogen-bond donors (Lipinski definition) is 3. The van der Waals surface area contributed by atoms with Crippen LogP contribution in [0.25, 0.3) is 0 Å². The third-order valence-electron chi connectivity index (χ3n) is 4.78. The first-order chi connectivity index (χ1) is 11.9. The smallest absolute Gasteiger partial charge is 0.387 e. The highest BCUT2D eigenvalue weighted by Crippen LogP contribution is 2.41. The molecule has 6 heteroatoms. The van der Waals surface area contributed by atoms with E-state index < -0.39 is 12.8 Å². The van der Waals surface area contributed by atoms with Crippen molar-refractivity contribution in [2.75, 3.05) is 11.1 Å². The normalized spacial score (nSPS) is 20.4. The number of aliphatic hydroxyl groups is 1. The van der Waals surface area contributed by atoms with Crippen LogP contribution in [0.3, 0.4) is 0 Å². The van der Waals surface area contributed by atoms with E-state index in [4.69, 9.17) is 5.73 Å². The van der Waals surface area contributed by atoms with Crippen LogP contribution in [0.5, 0.6) is 5.75 Å². The maximum Gasteiger partial charge on any atom is 0.387 e. The number of nitrogens with two attached hydrogens (primary N) is 1. The quantitative estimate of drug-likeness (QED) is 0.232. The number of benzene rings is 1. The Morgan fingerprint density at radius 1 is 1.40 bits per heavy atom. The minimum atomic E-state index is -2.91. The van der Waals surface area contributed by atoms with Crippen molar-refractivity contribution in [3.8, 4) is 5.75 Å². The number of nitrogens with one attached hydrogen (secondary N) is 1. The van der Waals surface area contributed by atoms with Gasteiger partial charge in [-0.25, -0.2) is 0 Å². The highest BCUT2D eigenvalue weighted by atomic mass is 19.3. The van der Waals surface area contributed by atoms with Gasteiger partial charge in [0.05, 0.1) is 11.4 Å². The number of rotatable bonds is 11. The first kappa shape index (κ1) is 19.5. The fourth-order valence-corrected chi connectivity index (χ4v) is 2.96. The molecule has 4 N–H and O–H groups in total. The zero-order chi connectivity index (χ0) is 18.4. The molecule has 2 unspecified atom stereocenters. The molecule has 0 aliphatic heterocycles. The lowest BCUT2D eigenvalue weighted by Gasteiger charge is -2.19. The van der Waals surface area contributed by atoms with Gasteiger partial charge in [0.2, 0.25) is 0 Å². The van der Waals surface area contributed by atoms with Crippen LogP contribution in [0.2, 0.25) is 0 Å². The minimum Gasteiger partial charge on any atom is -0.435 e. The second-order valence-corrected chi connectivity index (χ2v) is 6.91. The van der Waals surface area contributed by atoms with E-state index in [1.54, 1.807) is 0 Å². The molecule has 0 bridgehead atoms. The number of aliphatic hydroxyl groups excluding tert-OH is 1. The topological polar surface area (TPSA) is 67.5 Å². The van der Waals surface area contributed by atoms with Gasteiger partial charge in [0.1, 0.15) is 12.0 Å². The van der Waals surface area contributed by atoms with Gasteiger partial charge < -0.3 is 20.9 Å². The van der Waals surface area contributed by atoms with E-state index in [0.29, 0.717) is 23.4 Å². The van der Waals surface area contributed by atoms with Crippen molar-refractivity contribution >= 4 is 11.4 Å². The molecule has 1 fully saturated rings. The van der Waals surface area contributed by atoms with Crippen molar-refractivity contribution in [3.05, 3.63) is 30.4 Å². The molecule has 1 aliphatic carbocycles. The van der Waals surface area contributed by atoms with Crippen LogP contribution >= 0.6 is 0 Å². The molecular weight excluding hydrogens is 326 g/mol. The summed E-state index contributed by atoms with van der Waals surface area (Å²) in [6, 6.07) is 4.15. The van der Waals surface area contributed by atoms with Crippen molar-refractivity contribution in [2.24, 2.45) is 11.8 Å². The first-order valence-corrected chi connectivity index (χ1v) is 8.83. The molecule has 25 heavy (non-hydrogen) atoms. The van der Waals surface area contributed by atoms with E-state index in [9.17, 15) is 13.9 Å². The van der Waals surface area contributed by atoms with Gasteiger partial charge in [0.15, 0.2) is 0 Å². The Bertz CT molecular complexity index is 581. The van der Waals surface area contributed by atoms with Crippen molar-refractivity contribution in [2.45, 2.75) is 58.3 Å². The molecule has 4 nitrogen and oxygen atoms in total. The van der Waals surface area contributed by atoms with Crippen molar-refractivity contribution in [1.29, 1.82) is 0 Å². The molecule has 140 valence electrons. The molecule has 0 heterocycles. The zero-order valence-electron chi connectivity index (χ0n) is 14.7. The number of ether oxygens (including phenoxy) is 1. The van der Waals surface area contributed by atoms with E-state index in [-0.39, 0.29) is 5.75 Å². The first-order valence-electron chi connectivity index (χ1n) is 8.83. The van der Waals surface area contributed by atoms with Crippen LogP contribution in [0.15, 0.2) is 30.4 Å². The summed E-state index contributed by atoms with van der Waals surface area (Å²) in [5.41, 5.74) is 7.14. The monoisotopic (exact) mass is 354 g/mol. The van der Waals surface area contributed by atoms with Crippen LogP contribution < -0.4 is 15.8 Å². The molecule has 0 spiro atoms. The van der Waals surface area contributed by atoms with Gasteiger partial charge in [0, 0.05) is 6.07 Å². The highest BCUT2D eigenvalue weighted by Gasteiger charge is 2.31. The van der Waals surface area contributed by atoms with Crippen LogP contribution in [0.1, 0.15) is 45.4 Å². The Balaban J connectivity index is 1.74. The summed E-state index contributed by atoms with van der Waals surface area (Å²) in [6.07, 6.45) is 5.70. The average Bonchev–Trinajstić information content (AvgIpc) is 3.25. The predicted octanol–water partition coefficient (Wildman–Crippen LogP) is 4.76. The lowest BCUT2D eigenvalue weighted by molar-refractivity contribution is -0.0497. The fourth-order valence-electron chi connectivity index (χ4n) is 2.96. The molecular formula is C19H28F2N2O2. The minimum absolute atomic E-state index is 0.0150. The number of hydrogen-bond acceptors (Lipinski definition) is 4. The van der Waals surface area contributed by atoms with Crippen LogP contribution in [-0.2, 0) is 0 Å². The van der Waals surface area contributed by atoms with Crippen LogP contribution in [0, 0.1) is 11.8 Å². The van der Waals surface area contributed by atoms with E-state index in [0.717, 1.165) is 24.7 Å². The van der Waals surface area contributed by atoms with Gasteiger partial charge in [-0.15, -0.1) is 0 Å². The summed E-state index contributed by atoms with van der Waals surface area (Å²) in [4.78, 5) is 0. The Hall–Kier alpha value is -1.82. The second kappa shape index (κ2) is 9.04. The van der Waals surface area contributed by atoms with Gasteiger partial charge in [-0.3, -0.25) is 0 Å². The second-order valence-electron chi connectivity index (χ2n) is 6.91. The predicted molar refractivity (Wildman–Crippen MR) is 96.6 cm³/mol. The standard InChI is InChI=1S/C19H28F2N2O2/c1-12(6-4-3-5-7-14-10-13(14)2)18(24)23-17-11-15(25-19(20)21)8-9-16(17)22/h8-9,11,13-14,18-19,23-24H,1,3-7,10,22H2,2H3/t13?,14-,18?/m1/s1. The van der Waals surface area contributed by atoms with E-state index in [1.807, 2.05) is 0 Å². The number of halogens is 2. The molecule has 0 saturated heterocycles. The Kier molecular flexibility index (Phi) is 7.05. The summed E-state index contributed by atoms with van der Waals surface area (Å²) >= 11 is 0. The van der Waals surface area contributed by atoms with Crippen LogP contribution in [0.4, 0.5) is 20.2 Å². The maximum atomic E-state index is 12.3. The molecule has 1 aromatic rings. The molecule has 0 aromatic heterocycles. The third kappa shape index (κ3) is 6.53. The summed E-state index contributed by atoms with van der Waals surface area (Å²) in [6.45, 7) is 3.29. The summed E-state index contributed by atoms with van der Waals surface area (Å²) in [5, 5.41) is 13.0. The van der Waals surface area contributed by atoms with Gasteiger partial charge in [0.25, 0.3) is 0 Å². The number of alkyl halides is 2. The van der Waals surface area contributed by atoms with Crippen LogP contribution in [-0.4, -0.2) is 17.9 Å². The lowest BCUT2D eigenvalue weighted by Crippen LogP contribution is -2.21. The zero-order valence-corrected chi connectivity index (χ0v) is 14.7. The SMILES string of the molecule is C=C(CCCCC[C@@H]1CC1C)C(O)Nc1cc(OC(F)F)ccc1N. The van der Waals surface area contributed by atoms with Gasteiger partial charge >= 0.3 is 6.61 Å². The van der Waals surface area contributed by atoms with Gasteiger partial charge in [-0.1, -0.05) is 32.8 Å². The summed E-state index contributed by atoms with van der Waals surface area (Å²) in [5.74, 6) is 1.80. The number of anilines is 2. The van der Waals surface area contributed by atoms with Crippen molar-refractivity contribution < 1.29 is 18.6 Å². The summed E-state index contributed by atoms with van der Waals surface area (Å²) < 4.78 is 28.9. The molecule has 1 aromatic carbocycles. The number of nitrogen functional groups attached to an aromatic ring is 1. The molecule has 0 amide bonds. The average molecular weight is 354 g/mol. The molecule has 1 aliphatic rings.